The lowest BCUT2D eigenvalue weighted by molar-refractivity contribution is -0.134. The molecule has 2 aromatic rings. The molecule has 1 atom stereocenters. The molecule has 1 fully saturated rings. The van der Waals surface area contributed by atoms with Gasteiger partial charge >= 0.3 is 6.03 Å². The summed E-state index contributed by atoms with van der Waals surface area (Å²) in [6, 6.07) is 13.8. The fourth-order valence-electron chi connectivity index (χ4n) is 3.19. The lowest BCUT2D eigenvalue weighted by Gasteiger charge is -2.22. The summed E-state index contributed by atoms with van der Waals surface area (Å²) in [7, 11) is 0. The molecule has 1 saturated heterocycles. The Balaban J connectivity index is 1.50. The van der Waals surface area contributed by atoms with Crippen LogP contribution in [-0.4, -0.2) is 41.7 Å². The summed E-state index contributed by atoms with van der Waals surface area (Å²) in [6.07, 6.45) is 0.0586. The first kappa shape index (κ1) is 22.5. The van der Waals surface area contributed by atoms with E-state index in [1.165, 1.54) is 0 Å². The third-order valence-electron chi connectivity index (χ3n) is 5.01. The van der Waals surface area contributed by atoms with Crippen molar-refractivity contribution in [3.05, 3.63) is 64.1 Å². The molecular formula is C22H23BrN4O4. The Bertz CT molecular complexity index is 1010. The van der Waals surface area contributed by atoms with Crippen LogP contribution in [0.5, 0.6) is 0 Å². The minimum atomic E-state index is -1.23. The van der Waals surface area contributed by atoms with Gasteiger partial charge in [-0.25, -0.2) is 4.79 Å². The first-order chi connectivity index (χ1) is 14.7. The molecule has 0 radical (unpaired) electrons. The van der Waals surface area contributed by atoms with E-state index >= 15 is 0 Å². The Morgan fingerprint density at radius 2 is 1.68 bits per heavy atom. The van der Waals surface area contributed by atoms with Crippen LogP contribution in [0.2, 0.25) is 0 Å². The van der Waals surface area contributed by atoms with Crippen molar-refractivity contribution >= 4 is 45.4 Å². The van der Waals surface area contributed by atoms with Gasteiger partial charge in [-0.15, -0.1) is 0 Å². The molecule has 162 valence electrons. The van der Waals surface area contributed by atoms with Gasteiger partial charge in [0.1, 0.15) is 12.1 Å². The minimum absolute atomic E-state index is 0.0586. The lowest BCUT2D eigenvalue weighted by Crippen LogP contribution is -2.43. The maximum atomic E-state index is 12.9. The second-order valence-electron chi connectivity index (χ2n) is 7.47. The standard InChI is InChI=1S/C22H23BrN4O4/c1-14-3-5-15(6-4-14)22(2)20(30)27(21(31)26-22)13-19(29)24-12-11-18(28)25-17-9-7-16(23)8-10-17/h3-10H,11-13H2,1-2H3,(H,24,29)(H,25,28)(H,26,31). The molecule has 1 unspecified atom stereocenters. The number of carbonyl (C=O) groups is 4. The molecule has 1 heterocycles. The molecule has 5 amide bonds. The molecule has 0 bridgehead atoms. The normalized spacial score (nSPS) is 18.0. The van der Waals surface area contributed by atoms with Crippen LogP contribution in [-0.2, 0) is 19.9 Å². The highest BCUT2D eigenvalue weighted by Crippen LogP contribution is 2.28. The summed E-state index contributed by atoms with van der Waals surface area (Å²) in [5.41, 5.74) is 1.10. The van der Waals surface area contributed by atoms with Crippen LogP contribution < -0.4 is 16.0 Å². The average molecular weight is 487 g/mol. The number of nitrogens with zero attached hydrogens (tertiary/aromatic N) is 1. The summed E-state index contributed by atoms with van der Waals surface area (Å²) in [5.74, 6) is -1.28. The molecule has 9 heteroatoms. The van der Waals surface area contributed by atoms with Gasteiger partial charge in [0.15, 0.2) is 0 Å². The number of hydrogen-bond acceptors (Lipinski definition) is 4. The third-order valence-corrected chi connectivity index (χ3v) is 5.54. The van der Waals surface area contributed by atoms with Gasteiger partial charge in [0, 0.05) is 23.1 Å². The van der Waals surface area contributed by atoms with Gasteiger partial charge in [-0.2, -0.15) is 0 Å². The van der Waals surface area contributed by atoms with Crippen molar-refractivity contribution in [1.29, 1.82) is 0 Å². The van der Waals surface area contributed by atoms with E-state index in [4.69, 9.17) is 0 Å². The summed E-state index contributed by atoms with van der Waals surface area (Å²) in [5, 5.41) is 7.96. The summed E-state index contributed by atoms with van der Waals surface area (Å²) in [4.78, 5) is 50.3. The third kappa shape index (κ3) is 5.29. The van der Waals surface area contributed by atoms with Gasteiger partial charge < -0.3 is 16.0 Å². The van der Waals surface area contributed by atoms with Gasteiger partial charge in [0.05, 0.1) is 0 Å². The monoisotopic (exact) mass is 486 g/mol. The van der Waals surface area contributed by atoms with Crippen molar-refractivity contribution in [2.24, 2.45) is 0 Å². The molecule has 1 aliphatic heterocycles. The lowest BCUT2D eigenvalue weighted by atomic mass is 9.91. The first-order valence-corrected chi connectivity index (χ1v) is 10.5. The highest BCUT2D eigenvalue weighted by Gasteiger charge is 2.49. The van der Waals surface area contributed by atoms with E-state index in [1.807, 2.05) is 19.1 Å². The number of hydrogen-bond donors (Lipinski definition) is 3. The smallest absolute Gasteiger partial charge is 0.325 e. The molecule has 1 aliphatic rings. The molecule has 0 saturated carbocycles. The van der Waals surface area contributed by atoms with Crippen LogP contribution in [0.25, 0.3) is 0 Å². The number of benzene rings is 2. The number of aryl methyl sites for hydroxylation is 1. The number of halogens is 1. The number of urea groups is 1. The number of carbonyl (C=O) groups excluding carboxylic acids is 4. The van der Waals surface area contributed by atoms with Gasteiger partial charge in [0.25, 0.3) is 5.91 Å². The van der Waals surface area contributed by atoms with Crippen molar-refractivity contribution in [2.75, 3.05) is 18.4 Å². The fraction of sp³-hybridized carbons (Fsp3) is 0.273. The fourth-order valence-corrected chi connectivity index (χ4v) is 3.46. The molecule has 3 rings (SSSR count). The predicted octanol–water partition coefficient (Wildman–Crippen LogP) is 2.67. The van der Waals surface area contributed by atoms with Gasteiger partial charge in [0.2, 0.25) is 11.8 Å². The zero-order valence-corrected chi connectivity index (χ0v) is 18.8. The average Bonchev–Trinajstić information content (AvgIpc) is 2.94. The Labute approximate surface area is 188 Å². The summed E-state index contributed by atoms with van der Waals surface area (Å²) in [6.45, 7) is 3.21. The molecule has 2 aromatic carbocycles. The van der Waals surface area contributed by atoms with Crippen molar-refractivity contribution in [2.45, 2.75) is 25.8 Å². The van der Waals surface area contributed by atoms with Crippen molar-refractivity contribution in [1.82, 2.24) is 15.5 Å². The Morgan fingerprint density at radius 1 is 1.03 bits per heavy atom. The zero-order valence-electron chi connectivity index (χ0n) is 17.2. The quantitative estimate of drug-likeness (QED) is 0.522. The van der Waals surface area contributed by atoms with E-state index in [-0.39, 0.29) is 18.9 Å². The van der Waals surface area contributed by atoms with E-state index in [1.54, 1.807) is 43.3 Å². The Hall–Kier alpha value is -3.20. The number of rotatable bonds is 7. The molecular weight excluding hydrogens is 464 g/mol. The van der Waals surface area contributed by atoms with E-state index in [0.717, 1.165) is 14.9 Å². The van der Waals surface area contributed by atoms with Gasteiger partial charge in [-0.1, -0.05) is 45.8 Å². The Morgan fingerprint density at radius 3 is 2.32 bits per heavy atom. The van der Waals surface area contributed by atoms with E-state index in [9.17, 15) is 19.2 Å². The van der Waals surface area contributed by atoms with E-state index < -0.39 is 29.9 Å². The van der Waals surface area contributed by atoms with Crippen molar-refractivity contribution in [3.8, 4) is 0 Å². The highest BCUT2D eigenvalue weighted by atomic mass is 79.9. The highest BCUT2D eigenvalue weighted by molar-refractivity contribution is 9.10. The maximum Gasteiger partial charge on any atom is 0.325 e. The Kier molecular flexibility index (Phi) is 6.74. The number of anilines is 1. The van der Waals surface area contributed by atoms with Crippen molar-refractivity contribution < 1.29 is 19.2 Å². The van der Waals surface area contributed by atoms with Crippen LogP contribution >= 0.6 is 15.9 Å². The molecule has 0 aromatic heterocycles. The summed E-state index contributed by atoms with van der Waals surface area (Å²) >= 11 is 3.32. The zero-order chi connectivity index (χ0) is 22.6. The SMILES string of the molecule is Cc1ccc(C2(C)NC(=O)N(CC(=O)NCCC(=O)Nc3ccc(Br)cc3)C2=O)cc1. The van der Waals surface area contributed by atoms with Crippen LogP contribution in [0.3, 0.4) is 0 Å². The van der Waals surface area contributed by atoms with Crippen LogP contribution in [0, 0.1) is 6.92 Å². The molecule has 3 N–H and O–H groups in total. The second-order valence-corrected chi connectivity index (χ2v) is 8.38. The van der Waals surface area contributed by atoms with E-state index in [0.29, 0.717) is 11.3 Å². The number of amides is 5. The minimum Gasteiger partial charge on any atom is -0.354 e. The summed E-state index contributed by atoms with van der Waals surface area (Å²) < 4.78 is 0.900. The van der Waals surface area contributed by atoms with Crippen LogP contribution in [0.15, 0.2) is 53.0 Å². The van der Waals surface area contributed by atoms with Crippen LogP contribution in [0.4, 0.5) is 10.5 Å². The first-order valence-electron chi connectivity index (χ1n) is 9.72. The second kappa shape index (κ2) is 9.30. The number of imide groups is 1. The molecule has 31 heavy (non-hydrogen) atoms. The molecule has 8 nitrogen and oxygen atoms in total. The maximum absolute atomic E-state index is 12.9. The van der Waals surface area contributed by atoms with Crippen LogP contribution in [0.1, 0.15) is 24.5 Å². The number of nitrogens with one attached hydrogen (secondary N) is 3. The largest absolute Gasteiger partial charge is 0.354 e. The van der Waals surface area contributed by atoms with E-state index in [2.05, 4.69) is 31.9 Å². The predicted molar refractivity (Wildman–Crippen MR) is 119 cm³/mol. The molecule has 0 spiro atoms. The van der Waals surface area contributed by atoms with Gasteiger partial charge in [-0.3, -0.25) is 19.3 Å². The van der Waals surface area contributed by atoms with Gasteiger partial charge in [-0.05, 0) is 43.7 Å². The molecule has 0 aliphatic carbocycles. The van der Waals surface area contributed by atoms with Crippen molar-refractivity contribution in [3.63, 3.8) is 0 Å². The topological polar surface area (TPSA) is 108 Å².